The predicted molar refractivity (Wildman–Crippen MR) is 57.1 cm³/mol. The summed E-state index contributed by atoms with van der Waals surface area (Å²) in [7, 11) is 0. The first-order valence-electron chi connectivity index (χ1n) is 5.20. The van der Waals surface area contributed by atoms with E-state index in [0.29, 0.717) is 0 Å². The molecule has 96 valence electrons. The van der Waals surface area contributed by atoms with Crippen LogP contribution < -0.4 is 0 Å². The van der Waals surface area contributed by atoms with E-state index < -0.39 is 24.1 Å². The average molecular weight is 236 g/mol. The zero-order valence-corrected chi connectivity index (χ0v) is 9.59. The molecule has 0 aromatic rings. The third-order valence-electron chi connectivity index (χ3n) is 1.76. The molecule has 0 saturated heterocycles. The van der Waals surface area contributed by atoms with E-state index in [9.17, 15) is 9.59 Å². The number of rotatable bonds is 6. The summed E-state index contributed by atoms with van der Waals surface area (Å²) in [6, 6.07) is 0. The van der Waals surface area contributed by atoms with E-state index in [1.165, 1.54) is 25.7 Å². The molecule has 2 unspecified atom stereocenters. The lowest BCUT2D eigenvalue weighted by atomic mass is 10.2. The number of hydrogen-bond donors (Lipinski definition) is 4. The molecule has 0 amide bonds. The third kappa shape index (κ3) is 9.42. The van der Waals surface area contributed by atoms with Crippen LogP contribution in [0.25, 0.3) is 0 Å². The number of aliphatic hydroxyl groups is 2. The lowest BCUT2D eigenvalue weighted by molar-refractivity contribution is -0.165. The fraction of sp³-hybridized carbons (Fsp3) is 0.800. The van der Waals surface area contributed by atoms with Crippen LogP contribution in [0.2, 0.25) is 0 Å². The summed E-state index contributed by atoms with van der Waals surface area (Å²) >= 11 is 0. The topological polar surface area (TPSA) is 115 Å². The van der Waals surface area contributed by atoms with Gasteiger partial charge >= 0.3 is 11.9 Å². The number of aliphatic hydroxyl groups excluding tert-OH is 2. The van der Waals surface area contributed by atoms with Gasteiger partial charge in [-0.15, -0.1) is 0 Å². The summed E-state index contributed by atoms with van der Waals surface area (Å²) in [5.74, 6) is -3.54. The Labute approximate surface area is 94.5 Å². The highest BCUT2D eigenvalue weighted by atomic mass is 16.4. The molecule has 0 spiro atoms. The van der Waals surface area contributed by atoms with Crippen molar-refractivity contribution in [2.24, 2.45) is 0 Å². The maximum absolute atomic E-state index is 9.77. The number of hydrogen-bond acceptors (Lipinski definition) is 4. The zero-order chi connectivity index (χ0) is 13.1. The number of carbonyl (C=O) groups is 2. The molecule has 0 aromatic heterocycles. The Hall–Kier alpha value is -1.14. The number of carboxylic acids is 2. The molecule has 0 aromatic carbocycles. The molecule has 4 N–H and O–H groups in total. The van der Waals surface area contributed by atoms with Crippen LogP contribution in [-0.4, -0.2) is 44.6 Å². The minimum Gasteiger partial charge on any atom is -0.479 e. The summed E-state index contributed by atoms with van der Waals surface area (Å²) in [5.41, 5.74) is 0. The fourth-order valence-corrected chi connectivity index (χ4v) is 0.770. The lowest BCUT2D eigenvalue weighted by Gasteiger charge is -2.07. The Balaban J connectivity index is 0. The summed E-state index contributed by atoms with van der Waals surface area (Å²) in [5, 5.41) is 32.5. The van der Waals surface area contributed by atoms with Crippen LogP contribution in [-0.2, 0) is 9.59 Å². The minimum atomic E-state index is -2.27. The molecule has 0 bridgehead atoms. The van der Waals surface area contributed by atoms with E-state index >= 15 is 0 Å². The van der Waals surface area contributed by atoms with Gasteiger partial charge in [0.1, 0.15) is 0 Å². The van der Waals surface area contributed by atoms with Crippen LogP contribution >= 0.6 is 0 Å². The first-order chi connectivity index (χ1) is 7.38. The van der Waals surface area contributed by atoms with Crippen LogP contribution in [0.1, 0.15) is 39.5 Å². The van der Waals surface area contributed by atoms with Crippen molar-refractivity contribution in [3.05, 3.63) is 0 Å². The van der Waals surface area contributed by atoms with E-state index in [4.69, 9.17) is 20.4 Å². The fourth-order valence-electron chi connectivity index (χ4n) is 0.770. The van der Waals surface area contributed by atoms with E-state index in [1.807, 2.05) is 0 Å². The van der Waals surface area contributed by atoms with Gasteiger partial charge in [-0.3, -0.25) is 0 Å². The molecule has 2 atom stereocenters. The van der Waals surface area contributed by atoms with Crippen molar-refractivity contribution in [1.29, 1.82) is 0 Å². The van der Waals surface area contributed by atoms with Crippen molar-refractivity contribution in [2.75, 3.05) is 0 Å². The van der Waals surface area contributed by atoms with Crippen molar-refractivity contribution in [3.63, 3.8) is 0 Å². The summed E-state index contributed by atoms with van der Waals surface area (Å²) in [6.07, 6.45) is 1.00. The van der Waals surface area contributed by atoms with Gasteiger partial charge in [-0.2, -0.15) is 0 Å². The summed E-state index contributed by atoms with van der Waals surface area (Å²) in [4.78, 5) is 19.5. The van der Waals surface area contributed by atoms with Crippen molar-refractivity contribution in [1.82, 2.24) is 0 Å². The Bertz CT molecular complexity index is 181. The largest absolute Gasteiger partial charge is 0.479 e. The maximum atomic E-state index is 9.77. The van der Waals surface area contributed by atoms with E-state index in [0.717, 1.165) is 0 Å². The average Bonchev–Trinajstić information content (AvgIpc) is 2.24. The highest BCUT2D eigenvalue weighted by molar-refractivity contribution is 5.83. The Morgan fingerprint density at radius 3 is 1.25 bits per heavy atom. The molecule has 0 aliphatic carbocycles. The number of aliphatic carboxylic acids is 2. The molecule has 6 nitrogen and oxygen atoms in total. The van der Waals surface area contributed by atoms with Gasteiger partial charge < -0.3 is 20.4 Å². The quantitative estimate of drug-likeness (QED) is 0.498. The Kier molecular flexibility index (Phi) is 11.2. The van der Waals surface area contributed by atoms with Crippen molar-refractivity contribution >= 4 is 11.9 Å². The van der Waals surface area contributed by atoms with Crippen LogP contribution in [0, 0.1) is 0 Å². The van der Waals surface area contributed by atoms with Gasteiger partial charge in [-0.1, -0.05) is 39.5 Å². The monoisotopic (exact) mass is 236 g/mol. The molecule has 0 fully saturated rings. The molecule has 0 aliphatic heterocycles. The van der Waals surface area contributed by atoms with Gasteiger partial charge in [0.25, 0.3) is 0 Å². The van der Waals surface area contributed by atoms with Crippen LogP contribution in [0.3, 0.4) is 0 Å². The van der Waals surface area contributed by atoms with Gasteiger partial charge in [-0.25, -0.2) is 9.59 Å². The molecular formula is C10H20O6. The molecule has 6 heteroatoms. The highest BCUT2D eigenvalue weighted by Gasteiger charge is 2.29. The summed E-state index contributed by atoms with van der Waals surface area (Å²) in [6.45, 7) is 4.46. The van der Waals surface area contributed by atoms with Crippen LogP contribution in [0.5, 0.6) is 0 Å². The molecule has 0 rings (SSSR count). The second-order valence-electron chi connectivity index (χ2n) is 3.27. The highest BCUT2D eigenvalue weighted by Crippen LogP contribution is 1.95. The Morgan fingerprint density at radius 2 is 1.12 bits per heavy atom. The Morgan fingerprint density at radius 1 is 0.875 bits per heavy atom. The third-order valence-corrected chi connectivity index (χ3v) is 1.76. The van der Waals surface area contributed by atoms with E-state index in [2.05, 4.69) is 13.8 Å². The van der Waals surface area contributed by atoms with E-state index in [-0.39, 0.29) is 0 Å². The van der Waals surface area contributed by atoms with Crippen molar-refractivity contribution < 1.29 is 30.0 Å². The van der Waals surface area contributed by atoms with Crippen molar-refractivity contribution in [2.45, 2.75) is 51.7 Å². The van der Waals surface area contributed by atoms with Crippen LogP contribution in [0.4, 0.5) is 0 Å². The zero-order valence-electron chi connectivity index (χ0n) is 9.59. The summed E-state index contributed by atoms with van der Waals surface area (Å²) < 4.78 is 0. The molecule has 0 radical (unpaired) electrons. The molecule has 0 aliphatic rings. The molecule has 16 heavy (non-hydrogen) atoms. The van der Waals surface area contributed by atoms with Gasteiger partial charge in [0, 0.05) is 0 Å². The SMILES string of the molecule is CCCCCC.O=C(O)C(O)C(O)C(=O)O. The predicted octanol–water partition coefficient (Wildman–Crippen LogP) is 0.464. The minimum absolute atomic E-state index is 1.36. The molecule has 0 heterocycles. The normalized spacial score (nSPS) is 13.2. The lowest BCUT2D eigenvalue weighted by Crippen LogP contribution is -2.39. The smallest absolute Gasteiger partial charge is 0.335 e. The standard InChI is InChI=1S/C6H14.C4H6O6/c1-3-5-6-4-2;5-1(3(7)8)2(6)4(9)10/h3-6H2,1-2H3;1-2,5-6H,(H,7,8)(H,9,10). The number of unbranched alkanes of at least 4 members (excludes halogenated alkanes) is 3. The van der Waals surface area contributed by atoms with Gasteiger partial charge in [0.2, 0.25) is 0 Å². The first-order valence-corrected chi connectivity index (χ1v) is 5.20. The van der Waals surface area contributed by atoms with Gasteiger partial charge in [0.05, 0.1) is 0 Å². The number of carboxylic acid groups (broad SMARTS) is 2. The van der Waals surface area contributed by atoms with E-state index in [1.54, 1.807) is 0 Å². The second-order valence-corrected chi connectivity index (χ2v) is 3.27. The van der Waals surface area contributed by atoms with Gasteiger partial charge in [-0.05, 0) is 0 Å². The maximum Gasteiger partial charge on any atom is 0.335 e. The van der Waals surface area contributed by atoms with Crippen LogP contribution in [0.15, 0.2) is 0 Å². The first kappa shape index (κ1) is 17.3. The second kappa shape index (κ2) is 10.4. The molecular weight excluding hydrogens is 216 g/mol. The van der Waals surface area contributed by atoms with Gasteiger partial charge in [0.15, 0.2) is 12.2 Å². The van der Waals surface area contributed by atoms with Crippen molar-refractivity contribution in [3.8, 4) is 0 Å². The molecule has 0 saturated carbocycles.